The molecule has 2 N–H and O–H groups in total. The highest BCUT2D eigenvalue weighted by Gasteiger charge is 2.37. The third kappa shape index (κ3) is 1.61. The van der Waals surface area contributed by atoms with Crippen molar-refractivity contribution in [3.05, 3.63) is 29.8 Å². The van der Waals surface area contributed by atoms with E-state index >= 15 is 0 Å². The maximum Gasteiger partial charge on any atom is 0.0369 e. The van der Waals surface area contributed by atoms with E-state index in [1.165, 1.54) is 37.1 Å². The first-order chi connectivity index (χ1) is 7.74. The average molecular weight is 216 g/mol. The van der Waals surface area contributed by atoms with E-state index in [4.69, 9.17) is 5.73 Å². The summed E-state index contributed by atoms with van der Waals surface area (Å²) < 4.78 is 0. The van der Waals surface area contributed by atoms with Crippen molar-refractivity contribution in [3.63, 3.8) is 0 Å². The molecular formula is C14H20N2. The second-order valence-corrected chi connectivity index (χ2v) is 5.37. The van der Waals surface area contributed by atoms with Crippen LogP contribution in [0.15, 0.2) is 24.3 Å². The number of fused-ring (bicyclic) bond motifs is 2. The Morgan fingerprint density at radius 3 is 2.50 bits per heavy atom. The van der Waals surface area contributed by atoms with Crippen molar-refractivity contribution < 1.29 is 0 Å². The summed E-state index contributed by atoms with van der Waals surface area (Å²) in [5, 5.41) is 0. The van der Waals surface area contributed by atoms with Gasteiger partial charge in [0, 0.05) is 24.3 Å². The van der Waals surface area contributed by atoms with E-state index in [1.807, 2.05) is 6.92 Å². The molecule has 2 fully saturated rings. The van der Waals surface area contributed by atoms with Crippen LogP contribution >= 0.6 is 0 Å². The number of benzene rings is 1. The lowest BCUT2D eigenvalue weighted by molar-refractivity contribution is 0.553. The zero-order valence-electron chi connectivity index (χ0n) is 9.89. The largest absolute Gasteiger partial charge is 0.368 e. The summed E-state index contributed by atoms with van der Waals surface area (Å²) >= 11 is 0. The standard InChI is InChI=1S/C14H20N2/c1-10(15)12-3-6-13(7-4-12)16-9-11-2-5-14(16)8-11/h3-4,6-7,10-11,14H,2,5,8-9,15H2,1H3/t10-,11?,14?/m0/s1. The number of nitrogens with two attached hydrogens (primary N) is 1. The molecule has 16 heavy (non-hydrogen) atoms. The second-order valence-electron chi connectivity index (χ2n) is 5.37. The summed E-state index contributed by atoms with van der Waals surface area (Å²) in [4.78, 5) is 2.58. The second kappa shape index (κ2) is 3.77. The minimum Gasteiger partial charge on any atom is -0.368 e. The van der Waals surface area contributed by atoms with Gasteiger partial charge in [0.05, 0.1) is 0 Å². The third-order valence-corrected chi connectivity index (χ3v) is 4.16. The molecule has 2 unspecified atom stereocenters. The molecule has 0 aromatic heterocycles. The molecule has 86 valence electrons. The predicted octanol–water partition coefficient (Wildman–Crippen LogP) is 2.70. The van der Waals surface area contributed by atoms with Crippen molar-refractivity contribution in [2.75, 3.05) is 11.4 Å². The van der Waals surface area contributed by atoms with E-state index in [2.05, 4.69) is 29.2 Å². The van der Waals surface area contributed by atoms with E-state index < -0.39 is 0 Å². The van der Waals surface area contributed by atoms with Gasteiger partial charge in [0.2, 0.25) is 0 Å². The first kappa shape index (κ1) is 10.2. The Morgan fingerprint density at radius 2 is 2.00 bits per heavy atom. The van der Waals surface area contributed by atoms with E-state index in [0.29, 0.717) is 0 Å². The van der Waals surface area contributed by atoms with Gasteiger partial charge in [-0.2, -0.15) is 0 Å². The molecule has 1 saturated heterocycles. The molecule has 1 aliphatic heterocycles. The Balaban J connectivity index is 1.80. The van der Waals surface area contributed by atoms with Gasteiger partial charge in [-0.15, -0.1) is 0 Å². The molecule has 1 aromatic carbocycles. The fourth-order valence-corrected chi connectivity index (χ4v) is 3.21. The van der Waals surface area contributed by atoms with Gasteiger partial charge in [-0.3, -0.25) is 0 Å². The maximum absolute atomic E-state index is 5.86. The Labute approximate surface area is 97.4 Å². The summed E-state index contributed by atoms with van der Waals surface area (Å²) in [6, 6.07) is 9.77. The van der Waals surface area contributed by atoms with Crippen LogP contribution in [0.1, 0.15) is 37.8 Å². The Bertz CT molecular complexity index is 369. The molecule has 2 heteroatoms. The lowest BCUT2D eigenvalue weighted by Gasteiger charge is -2.29. The van der Waals surface area contributed by atoms with Crippen molar-refractivity contribution >= 4 is 5.69 Å². The van der Waals surface area contributed by atoms with Gasteiger partial charge in [-0.25, -0.2) is 0 Å². The first-order valence-electron chi connectivity index (χ1n) is 6.36. The molecule has 2 nitrogen and oxygen atoms in total. The predicted molar refractivity (Wildman–Crippen MR) is 67.5 cm³/mol. The van der Waals surface area contributed by atoms with Gasteiger partial charge >= 0.3 is 0 Å². The zero-order chi connectivity index (χ0) is 11.1. The topological polar surface area (TPSA) is 29.3 Å². The summed E-state index contributed by atoms with van der Waals surface area (Å²) in [5.74, 6) is 0.957. The molecule has 2 bridgehead atoms. The number of nitrogens with zero attached hydrogens (tertiary/aromatic N) is 1. The van der Waals surface area contributed by atoms with Crippen LogP contribution in [-0.2, 0) is 0 Å². The monoisotopic (exact) mass is 216 g/mol. The molecule has 1 heterocycles. The fourth-order valence-electron chi connectivity index (χ4n) is 3.21. The molecule has 0 spiro atoms. The van der Waals surface area contributed by atoms with Crippen LogP contribution < -0.4 is 10.6 Å². The van der Waals surface area contributed by atoms with Gasteiger partial charge in [-0.1, -0.05) is 12.1 Å². The minimum absolute atomic E-state index is 0.143. The molecule has 1 aromatic rings. The number of rotatable bonds is 2. The molecule has 1 saturated carbocycles. The number of hydrogen-bond acceptors (Lipinski definition) is 2. The van der Waals surface area contributed by atoms with Crippen molar-refractivity contribution in [1.82, 2.24) is 0 Å². The van der Waals surface area contributed by atoms with Gasteiger partial charge < -0.3 is 10.6 Å². The van der Waals surface area contributed by atoms with Crippen LogP contribution in [-0.4, -0.2) is 12.6 Å². The Morgan fingerprint density at radius 1 is 1.25 bits per heavy atom. The minimum atomic E-state index is 0.143. The molecule has 0 radical (unpaired) electrons. The molecule has 3 rings (SSSR count). The smallest absolute Gasteiger partial charge is 0.0369 e. The van der Waals surface area contributed by atoms with E-state index in [-0.39, 0.29) is 6.04 Å². The third-order valence-electron chi connectivity index (χ3n) is 4.16. The number of piperidine rings is 1. The summed E-state index contributed by atoms with van der Waals surface area (Å²) in [5.41, 5.74) is 8.48. The normalized spacial score (nSPS) is 29.8. The van der Waals surface area contributed by atoms with Crippen LogP contribution in [0.5, 0.6) is 0 Å². The van der Waals surface area contributed by atoms with Crippen molar-refractivity contribution in [2.24, 2.45) is 11.7 Å². The quantitative estimate of drug-likeness (QED) is 0.823. The SMILES string of the molecule is C[C@H](N)c1ccc(N2CC3CCC2C3)cc1. The Kier molecular flexibility index (Phi) is 2.40. The van der Waals surface area contributed by atoms with E-state index in [0.717, 1.165) is 12.0 Å². The van der Waals surface area contributed by atoms with Crippen molar-refractivity contribution in [1.29, 1.82) is 0 Å². The average Bonchev–Trinajstić information content (AvgIpc) is 2.91. The highest BCUT2D eigenvalue weighted by Crippen LogP contribution is 2.40. The van der Waals surface area contributed by atoms with Gasteiger partial charge in [-0.05, 0) is 49.8 Å². The highest BCUT2D eigenvalue weighted by atomic mass is 15.2. The summed E-state index contributed by atoms with van der Waals surface area (Å²) in [6.07, 6.45) is 4.24. The molecular weight excluding hydrogens is 196 g/mol. The number of anilines is 1. The highest BCUT2D eigenvalue weighted by molar-refractivity contribution is 5.50. The van der Waals surface area contributed by atoms with E-state index in [9.17, 15) is 0 Å². The zero-order valence-corrected chi connectivity index (χ0v) is 9.89. The molecule has 0 amide bonds. The molecule has 3 atom stereocenters. The molecule has 1 aliphatic carbocycles. The Hall–Kier alpha value is -1.02. The lowest BCUT2D eigenvalue weighted by Crippen LogP contribution is -2.31. The first-order valence-corrected chi connectivity index (χ1v) is 6.36. The lowest BCUT2D eigenvalue weighted by atomic mass is 10.1. The summed E-state index contributed by atoms with van der Waals surface area (Å²) in [6.45, 7) is 3.30. The van der Waals surface area contributed by atoms with Gasteiger partial charge in [0.25, 0.3) is 0 Å². The van der Waals surface area contributed by atoms with Gasteiger partial charge in [0.1, 0.15) is 0 Å². The molecule has 2 aliphatic rings. The van der Waals surface area contributed by atoms with Crippen LogP contribution in [0, 0.1) is 5.92 Å². The van der Waals surface area contributed by atoms with Crippen LogP contribution in [0.2, 0.25) is 0 Å². The van der Waals surface area contributed by atoms with Crippen LogP contribution in [0.3, 0.4) is 0 Å². The summed E-state index contributed by atoms with van der Waals surface area (Å²) in [7, 11) is 0. The van der Waals surface area contributed by atoms with Gasteiger partial charge in [0.15, 0.2) is 0 Å². The van der Waals surface area contributed by atoms with Crippen molar-refractivity contribution in [3.8, 4) is 0 Å². The number of hydrogen-bond donors (Lipinski definition) is 1. The van der Waals surface area contributed by atoms with E-state index in [1.54, 1.807) is 0 Å². The van der Waals surface area contributed by atoms with Crippen molar-refractivity contribution in [2.45, 2.75) is 38.3 Å². The maximum atomic E-state index is 5.86. The van der Waals surface area contributed by atoms with Crippen LogP contribution in [0.25, 0.3) is 0 Å². The van der Waals surface area contributed by atoms with Crippen LogP contribution in [0.4, 0.5) is 5.69 Å². The fraction of sp³-hybridized carbons (Fsp3) is 0.571.